The number of hydrogen-bond acceptors (Lipinski definition) is 4. The molecule has 2 N–H and O–H groups in total. The lowest BCUT2D eigenvalue weighted by Crippen LogP contribution is -2.40. The van der Waals surface area contributed by atoms with Crippen LogP contribution in [-0.2, 0) is 4.79 Å². The molecule has 0 bridgehead atoms. The Morgan fingerprint density at radius 3 is 2.45 bits per heavy atom. The fraction of sp³-hybridized carbons (Fsp3) is 0.385. The largest absolute Gasteiger partial charge is 0.493 e. The minimum Gasteiger partial charge on any atom is -0.493 e. The molecule has 1 rings (SSSR count). The lowest BCUT2D eigenvalue weighted by atomic mass is 10.1. The van der Waals surface area contributed by atoms with Crippen LogP contribution in [0, 0.1) is 0 Å². The number of carbonyl (C=O) groups is 2. The van der Waals surface area contributed by atoms with E-state index in [0.29, 0.717) is 11.5 Å². The van der Waals surface area contributed by atoms with Crippen LogP contribution in [0.25, 0.3) is 0 Å². The average molecular weight is 302 g/mol. The molecule has 0 aromatic heterocycles. The van der Waals surface area contributed by atoms with E-state index in [1.807, 2.05) is 0 Å². The summed E-state index contributed by atoms with van der Waals surface area (Å²) in [6.45, 7) is 1.67. The highest BCUT2D eigenvalue weighted by Gasteiger charge is 2.20. The highest BCUT2D eigenvalue weighted by atomic mass is 35.5. The van der Waals surface area contributed by atoms with E-state index < -0.39 is 17.9 Å². The summed E-state index contributed by atoms with van der Waals surface area (Å²) in [4.78, 5) is 22.9. The summed E-state index contributed by atoms with van der Waals surface area (Å²) in [5, 5.41) is 11.5. The monoisotopic (exact) mass is 301 g/mol. The summed E-state index contributed by atoms with van der Waals surface area (Å²) in [5.41, 5.74) is 0.201. The predicted octanol–water partition coefficient (Wildman–Crippen LogP) is 1.95. The minimum absolute atomic E-state index is 0.201. The van der Waals surface area contributed by atoms with Gasteiger partial charge in [0.1, 0.15) is 6.04 Å². The summed E-state index contributed by atoms with van der Waals surface area (Å²) in [6.07, 6.45) is 0.280. The number of hydrogen-bond donors (Lipinski definition) is 2. The third kappa shape index (κ3) is 3.54. The van der Waals surface area contributed by atoms with Gasteiger partial charge in [0.05, 0.1) is 19.2 Å². The first-order valence-electron chi connectivity index (χ1n) is 5.89. The molecule has 0 aliphatic heterocycles. The van der Waals surface area contributed by atoms with E-state index in [9.17, 15) is 9.59 Å². The number of methoxy groups -OCH3 is 2. The van der Waals surface area contributed by atoms with Crippen LogP contribution in [0.5, 0.6) is 11.5 Å². The highest BCUT2D eigenvalue weighted by Crippen LogP contribution is 2.35. The number of ether oxygens (including phenoxy) is 2. The van der Waals surface area contributed by atoms with Gasteiger partial charge in [0.15, 0.2) is 11.5 Å². The molecule has 0 aliphatic rings. The molecule has 0 fully saturated rings. The Morgan fingerprint density at radius 1 is 1.35 bits per heavy atom. The SMILES string of the molecule is CCC(NC(=O)c1cc(Cl)c(OC)c(OC)c1)C(=O)O. The van der Waals surface area contributed by atoms with Gasteiger partial charge in [-0.2, -0.15) is 0 Å². The molecule has 0 radical (unpaired) electrons. The smallest absolute Gasteiger partial charge is 0.326 e. The van der Waals surface area contributed by atoms with Crippen molar-refractivity contribution in [3.63, 3.8) is 0 Å². The number of halogens is 1. The molecule has 0 heterocycles. The Hall–Kier alpha value is -1.95. The Balaban J connectivity index is 3.05. The van der Waals surface area contributed by atoms with Crippen LogP contribution < -0.4 is 14.8 Å². The van der Waals surface area contributed by atoms with Crippen molar-refractivity contribution in [2.45, 2.75) is 19.4 Å². The van der Waals surface area contributed by atoms with E-state index >= 15 is 0 Å². The molecular formula is C13H16ClNO5. The summed E-state index contributed by atoms with van der Waals surface area (Å²) < 4.78 is 10.1. The highest BCUT2D eigenvalue weighted by molar-refractivity contribution is 6.32. The van der Waals surface area contributed by atoms with Gasteiger partial charge in [-0.25, -0.2) is 4.79 Å². The molecule has 0 aliphatic carbocycles. The Morgan fingerprint density at radius 2 is 2.00 bits per heavy atom. The third-order valence-corrected chi connectivity index (χ3v) is 2.99. The van der Waals surface area contributed by atoms with Crippen LogP contribution >= 0.6 is 11.6 Å². The van der Waals surface area contributed by atoms with Crippen molar-refractivity contribution in [3.05, 3.63) is 22.7 Å². The second-order valence-corrected chi connectivity index (χ2v) is 4.37. The molecule has 1 atom stereocenters. The van der Waals surface area contributed by atoms with Gasteiger partial charge in [-0.1, -0.05) is 18.5 Å². The summed E-state index contributed by atoms with van der Waals surface area (Å²) in [6, 6.07) is 1.89. The van der Waals surface area contributed by atoms with Crippen molar-refractivity contribution < 1.29 is 24.2 Å². The predicted molar refractivity (Wildman–Crippen MR) is 73.7 cm³/mol. The van der Waals surface area contributed by atoms with Crippen LogP contribution in [0.2, 0.25) is 5.02 Å². The maximum absolute atomic E-state index is 12.0. The molecular weight excluding hydrogens is 286 g/mol. The Labute approximate surface area is 121 Å². The zero-order chi connectivity index (χ0) is 15.3. The van der Waals surface area contributed by atoms with Gasteiger partial charge in [0.2, 0.25) is 0 Å². The Kier molecular flexibility index (Phi) is 5.64. The van der Waals surface area contributed by atoms with Crippen LogP contribution in [0.15, 0.2) is 12.1 Å². The zero-order valence-corrected chi connectivity index (χ0v) is 12.2. The van der Waals surface area contributed by atoms with Gasteiger partial charge >= 0.3 is 5.97 Å². The quantitative estimate of drug-likeness (QED) is 0.839. The Bertz CT molecular complexity index is 518. The normalized spacial score (nSPS) is 11.6. The maximum Gasteiger partial charge on any atom is 0.326 e. The van der Waals surface area contributed by atoms with Gasteiger partial charge in [-0.3, -0.25) is 4.79 Å². The van der Waals surface area contributed by atoms with E-state index in [1.54, 1.807) is 6.92 Å². The van der Waals surface area contributed by atoms with Gasteiger partial charge in [0.25, 0.3) is 5.91 Å². The van der Waals surface area contributed by atoms with Crippen molar-refractivity contribution >= 4 is 23.5 Å². The number of amides is 1. The molecule has 20 heavy (non-hydrogen) atoms. The lowest BCUT2D eigenvalue weighted by Gasteiger charge is -2.14. The second kappa shape index (κ2) is 7.00. The van der Waals surface area contributed by atoms with Crippen molar-refractivity contribution in [1.82, 2.24) is 5.32 Å². The number of carboxylic acid groups (broad SMARTS) is 1. The molecule has 110 valence electrons. The number of aliphatic carboxylic acids is 1. The molecule has 1 amide bonds. The van der Waals surface area contributed by atoms with E-state index in [4.69, 9.17) is 26.2 Å². The summed E-state index contributed by atoms with van der Waals surface area (Å²) >= 11 is 5.99. The maximum atomic E-state index is 12.0. The second-order valence-electron chi connectivity index (χ2n) is 3.97. The average Bonchev–Trinajstić information content (AvgIpc) is 2.42. The molecule has 0 spiro atoms. The zero-order valence-electron chi connectivity index (χ0n) is 11.4. The molecule has 6 nitrogen and oxygen atoms in total. The van der Waals surface area contributed by atoms with Crippen LogP contribution in [0.1, 0.15) is 23.7 Å². The van der Waals surface area contributed by atoms with Crippen molar-refractivity contribution in [1.29, 1.82) is 0 Å². The standard InChI is InChI=1S/C13H16ClNO5/c1-4-9(13(17)18)15-12(16)7-5-8(14)11(20-3)10(6-7)19-2/h5-6,9H,4H2,1-3H3,(H,15,16)(H,17,18). The molecule has 1 unspecified atom stereocenters. The molecule has 1 aromatic carbocycles. The van der Waals surface area contributed by atoms with E-state index in [0.717, 1.165) is 0 Å². The van der Waals surface area contributed by atoms with E-state index in [2.05, 4.69) is 5.32 Å². The number of carbonyl (C=O) groups excluding carboxylic acids is 1. The molecule has 0 saturated heterocycles. The van der Waals surface area contributed by atoms with Gasteiger partial charge in [-0.05, 0) is 18.6 Å². The van der Waals surface area contributed by atoms with Crippen LogP contribution in [0.3, 0.4) is 0 Å². The summed E-state index contributed by atoms with van der Waals surface area (Å²) in [7, 11) is 2.85. The number of nitrogens with one attached hydrogen (secondary N) is 1. The fourth-order valence-electron chi connectivity index (χ4n) is 1.63. The van der Waals surface area contributed by atoms with Gasteiger partial charge < -0.3 is 19.9 Å². The minimum atomic E-state index is -1.09. The van der Waals surface area contributed by atoms with Crippen LogP contribution in [-0.4, -0.2) is 37.2 Å². The molecule has 7 heteroatoms. The first kappa shape index (κ1) is 16.1. The van der Waals surface area contributed by atoms with Crippen molar-refractivity contribution in [2.75, 3.05) is 14.2 Å². The van der Waals surface area contributed by atoms with E-state index in [1.165, 1.54) is 26.4 Å². The summed E-state index contributed by atoms with van der Waals surface area (Å²) in [5.74, 6) is -1.01. The fourth-order valence-corrected chi connectivity index (χ4v) is 1.92. The number of benzene rings is 1. The molecule has 1 aromatic rings. The van der Waals surface area contributed by atoms with Gasteiger partial charge in [-0.15, -0.1) is 0 Å². The van der Waals surface area contributed by atoms with Crippen LogP contribution in [0.4, 0.5) is 0 Å². The van der Waals surface area contributed by atoms with Gasteiger partial charge in [0, 0.05) is 5.56 Å². The first-order valence-corrected chi connectivity index (χ1v) is 6.27. The first-order chi connectivity index (χ1) is 9.44. The topological polar surface area (TPSA) is 84.9 Å². The lowest BCUT2D eigenvalue weighted by molar-refractivity contribution is -0.139. The molecule has 0 saturated carbocycles. The van der Waals surface area contributed by atoms with Crippen molar-refractivity contribution in [2.24, 2.45) is 0 Å². The van der Waals surface area contributed by atoms with E-state index in [-0.39, 0.29) is 17.0 Å². The number of carboxylic acids is 1. The third-order valence-electron chi connectivity index (χ3n) is 2.71. The van der Waals surface area contributed by atoms with Crippen molar-refractivity contribution in [3.8, 4) is 11.5 Å². The number of rotatable bonds is 6.